The van der Waals surface area contributed by atoms with Gasteiger partial charge in [0.25, 0.3) is 0 Å². The Balaban J connectivity index is 3.10. The van der Waals surface area contributed by atoms with E-state index in [1.807, 2.05) is 6.92 Å². The molecule has 0 aliphatic heterocycles. The third kappa shape index (κ3) is 2.12. The number of hydrogen-bond donors (Lipinski definition) is 2. The number of aliphatic hydroxyl groups excluding tert-OH is 1. The Bertz CT molecular complexity index is 308. The molecule has 1 saturated carbocycles. The van der Waals surface area contributed by atoms with Crippen LogP contribution in [0.1, 0.15) is 47.5 Å². The molecule has 2 N–H and O–H groups in total. The van der Waals surface area contributed by atoms with Crippen molar-refractivity contribution in [3.05, 3.63) is 0 Å². The Morgan fingerprint density at radius 3 is 2.19 bits per heavy atom. The van der Waals surface area contributed by atoms with Crippen LogP contribution in [-0.4, -0.2) is 21.9 Å². The molecule has 0 aromatic carbocycles. The van der Waals surface area contributed by atoms with Crippen molar-refractivity contribution in [2.75, 3.05) is 0 Å². The van der Waals surface area contributed by atoms with Crippen LogP contribution in [0.15, 0.2) is 0 Å². The van der Waals surface area contributed by atoms with Gasteiger partial charge in [-0.3, -0.25) is 0 Å². The van der Waals surface area contributed by atoms with Crippen molar-refractivity contribution >= 4 is 0 Å². The molecular formula is C14H24O2. The molecule has 92 valence electrons. The summed E-state index contributed by atoms with van der Waals surface area (Å²) in [6, 6.07) is 0. The lowest BCUT2D eigenvalue weighted by atomic mass is 9.56. The third-order valence-electron chi connectivity index (χ3n) is 4.43. The van der Waals surface area contributed by atoms with E-state index in [9.17, 15) is 10.2 Å². The summed E-state index contributed by atoms with van der Waals surface area (Å²) in [5.74, 6) is 6.24. The normalized spacial score (nSPS) is 39.7. The topological polar surface area (TPSA) is 40.5 Å². The molecule has 16 heavy (non-hydrogen) atoms. The highest BCUT2D eigenvalue weighted by Gasteiger charge is 2.52. The molecule has 0 aromatic rings. The highest BCUT2D eigenvalue weighted by atomic mass is 16.3. The van der Waals surface area contributed by atoms with E-state index in [1.165, 1.54) is 0 Å². The SMILES string of the molecule is CC(O)C#CC1(O)C(C)CCC(C)C1(C)C. The van der Waals surface area contributed by atoms with Gasteiger partial charge in [-0.05, 0) is 31.6 Å². The Labute approximate surface area is 99.1 Å². The molecule has 0 amide bonds. The Morgan fingerprint density at radius 1 is 1.19 bits per heavy atom. The molecule has 4 unspecified atom stereocenters. The van der Waals surface area contributed by atoms with E-state index >= 15 is 0 Å². The van der Waals surface area contributed by atoms with Crippen molar-refractivity contribution in [1.82, 2.24) is 0 Å². The Kier molecular flexibility index (Phi) is 3.72. The quantitative estimate of drug-likeness (QED) is 0.619. The first-order valence-electron chi connectivity index (χ1n) is 6.15. The molecule has 2 nitrogen and oxygen atoms in total. The van der Waals surface area contributed by atoms with Crippen molar-refractivity contribution in [1.29, 1.82) is 0 Å². The zero-order valence-electron chi connectivity index (χ0n) is 11.0. The first-order valence-corrected chi connectivity index (χ1v) is 6.15. The summed E-state index contributed by atoms with van der Waals surface area (Å²) in [7, 11) is 0. The van der Waals surface area contributed by atoms with Crippen LogP contribution < -0.4 is 0 Å². The predicted octanol–water partition coefficient (Wildman–Crippen LogP) is 2.19. The van der Waals surface area contributed by atoms with Gasteiger partial charge >= 0.3 is 0 Å². The van der Waals surface area contributed by atoms with E-state index in [-0.39, 0.29) is 11.3 Å². The van der Waals surface area contributed by atoms with Gasteiger partial charge in [0.1, 0.15) is 11.7 Å². The second kappa shape index (κ2) is 4.39. The molecule has 1 aliphatic rings. The van der Waals surface area contributed by atoms with Crippen LogP contribution in [0, 0.1) is 29.1 Å². The van der Waals surface area contributed by atoms with Crippen LogP contribution in [0.25, 0.3) is 0 Å². The van der Waals surface area contributed by atoms with E-state index in [4.69, 9.17) is 0 Å². The van der Waals surface area contributed by atoms with Gasteiger partial charge in [0.05, 0.1) is 0 Å². The lowest BCUT2D eigenvalue weighted by Gasteiger charge is -2.51. The maximum atomic E-state index is 10.8. The Hall–Kier alpha value is -0.520. The lowest BCUT2D eigenvalue weighted by molar-refractivity contribution is -0.114. The average molecular weight is 224 g/mol. The lowest BCUT2D eigenvalue weighted by Crippen LogP contribution is -2.55. The second-order valence-electron chi connectivity index (χ2n) is 5.81. The highest BCUT2D eigenvalue weighted by Crippen LogP contribution is 2.50. The van der Waals surface area contributed by atoms with E-state index in [0.29, 0.717) is 5.92 Å². The molecule has 0 aromatic heterocycles. The minimum Gasteiger partial charge on any atom is -0.381 e. The summed E-state index contributed by atoms with van der Waals surface area (Å²) in [5.41, 5.74) is -1.21. The fraction of sp³-hybridized carbons (Fsp3) is 0.857. The maximum absolute atomic E-state index is 10.8. The smallest absolute Gasteiger partial charge is 0.133 e. The van der Waals surface area contributed by atoms with E-state index < -0.39 is 11.7 Å². The summed E-state index contributed by atoms with van der Waals surface area (Å²) in [4.78, 5) is 0. The van der Waals surface area contributed by atoms with Crippen molar-refractivity contribution in [3.63, 3.8) is 0 Å². The Morgan fingerprint density at radius 2 is 1.69 bits per heavy atom. The minimum atomic E-state index is -0.984. The molecule has 0 radical (unpaired) electrons. The van der Waals surface area contributed by atoms with Crippen LogP contribution in [0.3, 0.4) is 0 Å². The largest absolute Gasteiger partial charge is 0.381 e. The van der Waals surface area contributed by atoms with Crippen molar-refractivity contribution < 1.29 is 10.2 Å². The van der Waals surface area contributed by atoms with Crippen LogP contribution >= 0.6 is 0 Å². The zero-order valence-corrected chi connectivity index (χ0v) is 11.0. The van der Waals surface area contributed by atoms with Gasteiger partial charge in [-0.25, -0.2) is 0 Å². The summed E-state index contributed by atoms with van der Waals surface area (Å²) >= 11 is 0. The molecule has 1 rings (SSSR count). The molecule has 4 atom stereocenters. The predicted molar refractivity (Wildman–Crippen MR) is 65.7 cm³/mol. The van der Waals surface area contributed by atoms with Gasteiger partial charge in [-0.15, -0.1) is 0 Å². The van der Waals surface area contributed by atoms with E-state index in [1.54, 1.807) is 6.92 Å². The van der Waals surface area contributed by atoms with Gasteiger partial charge in [-0.2, -0.15) is 0 Å². The van der Waals surface area contributed by atoms with E-state index in [0.717, 1.165) is 12.8 Å². The summed E-state index contributed by atoms with van der Waals surface area (Å²) in [5, 5.41) is 20.0. The second-order valence-corrected chi connectivity index (χ2v) is 5.81. The van der Waals surface area contributed by atoms with Gasteiger partial charge in [-0.1, -0.05) is 39.5 Å². The number of rotatable bonds is 0. The number of hydrogen-bond acceptors (Lipinski definition) is 2. The molecule has 1 aliphatic carbocycles. The fourth-order valence-electron chi connectivity index (χ4n) is 2.58. The molecule has 0 spiro atoms. The van der Waals surface area contributed by atoms with Crippen LogP contribution in [0.5, 0.6) is 0 Å². The van der Waals surface area contributed by atoms with Crippen molar-refractivity contribution in [3.8, 4) is 11.8 Å². The molecule has 1 fully saturated rings. The summed E-state index contributed by atoms with van der Waals surface area (Å²) < 4.78 is 0. The monoisotopic (exact) mass is 224 g/mol. The standard InChI is InChI=1S/C14H24O2/c1-10-6-7-11(2)14(16,13(10,4)5)9-8-12(3)15/h10-12,15-16H,6-7H2,1-5H3. The van der Waals surface area contributed by atoms with Gasteiger partial charge in [0, 0.05) is 5.41 Å². The molecular weight excluding hydrogens is 200 g/mol. The number of aliphatic hydroxyl groups is 2. The van der Waals surface area contributed by atoms with Crippen molar-refractivity contribution in [2.24, 2.45) is 17.3 Å². The molecule has 0 saturated heterocycles. The summed E-state index contributed by atoms with van der Waals surface area (Å²) in [6.07, 6.45) is 1.45. The maximum Gasteiger partial charge on any atom is 0.133 e. The molecule has 0 heterocycles. The first-order chi connectivity index (χ1) is 7.22. The van der Waals surface area contributed by atoms with Gasteiger partial charge in [0.2, 0.25) is 0 Å². The van der Waals surface area contributed by atoms with E-state index in [2.05, 4.69) is 32.6 Å². The van der Waals surface area contributed by atoms with Gasteiger partial charge < -0.3 is 10.2 Å². The summed E-state index contributed by atoms with van der Waals surface area (Å²) in [6.45, 7) is 9.99. The highest BCUT2D eigenvalue weighted by molar-refractivity contribution is 5.24. The average Bonchev–Trinajstić information content (AvgIpc) is 2.19. The van der Waals surface area contributed by atoms with Crippen LogP contribution in [0.2, 0.25) is 0 Å². The van der Waals surface area contributed by atoms with Gasteiger partial charge in [0.15, 0.2) is 0 Å². The zero-order chi connectivity index (χ0) is 12.6. The van der Waals surface area contributed by atoms with Crippen LogP contribution in [-0.2, 0) is 0 Å². The third-order valence-corrected chi connectivity index (χ3v) is 4.43. The minimum absolute atomic E-state index is 0.157. The van der Waals surface area contributed by atoms with Crippen molar-refractivity contribution in [2.45, 2.75) is 59.2 Å². The molecule has 0 bridgehead atoms. The first kappa shape index (κ1) is 13.5. The van der Waals surface area contributed by atoms with Crippen LogP contribution in [0.4, 0.5) is 0 Å². The fourth-order valence-corrected chi connectivity index (χ4v) is 2.58. The molecule has 2 heteroatoms.